The lowest BCUT2D eigenvalue weighted by Gasteiger charge is -2.40. The molecule has 0 bridgehead atoms. The van der Waals surface area contributed by atoms with Crippen molar-refractivity contribution in [3.63, 3.8) is 0 Å². The Hall–Kier alpha value is -3.35. The van der Waals surface area contributed by atoms with E-state index < -0.39 is 80.1 Å². The van der Waals surface area contributed by atoms with E-state index in [4.69, 9.17) is 23.4 Å². The number of aliphatic hydroxyl groups excluding tert-OH is 8. The van der Waals surface area contributed by atoms with Gasteiger partial charge in [-0.15, -0.1) is 0 Å². The molecule has 0 spiro atoms. The molecule has 228 valence electrons. The van der Waals surface area contributed by atoms with E-state index in [2.05, 4.69) is 0 Å². The van der Waals surface area contributed by atoms with Crippen molar-refractivity contribution in [3.8, 4) is 39.9 Å². The fraction of sp³-hybridized carbons (Fsp3) is 0.444. The lowest BCUT2D eigenvalue weighted by Crippen LogP contribution is -2.60. The molecule has 1 aromatic carbocycles. The highest BCUT2D eigenvalue weighted by Crippen LogP contribution is 2.43. The van der Waals surface area contributed by atoms with Crippen LogP contribution in [0.5, 0.6) is 17.2 Å². The topological polar surface area (TPSA) is 249 Å². The number of hydrogen-bond acceptors (Lipinski definition) is 15. The molecule has 15 heteroatoms. The van der Waals surface area contributed by atoms with Gasteiger partial charge in [0.1, 0.15) is 47.8 Å². The molecule has 1 aromatic rings. The molecular formula is C27H30O15. The third-order valence-electron chi connectivity index (χ3n) is 7.17. The Bertz CT molecular complexity index is 1390. The van der Waals surface area contributed by atoms with Crippen LogP contribution in [-0.4, -0.2) is 115 Å². The Morgan fingerprint density at radius 2 is 1.40 bits per heavy atom. The van der Waals surface area contributed by atoms with E-state index in [0.29, 0.717) is 5.56 Å². The molecule has 10 unspecified atom stereocenters. The summed E-state index contributed by atoms with van der Waals surface area (Å²) in [6.45, 7) is -1.42. The minimum absolute atomic E-state index is 0.0212. The number of benzene rings is 2. The summed E-state index contributed by atoms with van der Waals surface area (Å²) in [6, 6.07) is 9.13. The molecule has 0 saturated carbocycles. The van der Waals surface area contributed by atoms with Crippen molar-refractivity contribution in [1.29, 1.82) is 0 Å². The Labute approximate surface area is 236 Å². The first-order valence-corrected chi connectivity index (χ1v) is 12.9. The van der Waals surface area contributed by atoms with E-state index in [0.717, 1.165) is 12.1 Å². The SMILES string of the molecule is O=c1cc2oc(-c3ccc(O)cc3)c(OC3OC(CO)C(O)C(O)C3O)cc-2c(OC2OC(O)C(O)C(O)C2CO)c1. The van der Waals surface area contributed by atoms with E-state index in [1.165, 1.54) is 30.3 Å². The Morgan fingerprint density at radius 1 is 0.714 bits per heavy atom. The van der Waals surface area contributed by atoms with Crippen molar-refractivity contribution in [2.75, 3.05) is 13.2 Å². The molecule has 1 aliphatic carbocycles. The summed E-state index contributed by atoms with van der Waals surface area (Å²) in [5.74, 6) is -1.69. The van der Waals surface area contributed by atoms with Gasteiger partial charge >= 0.3 is 0 Å². The van der Waals surface area contributed by atoms with Crippen molar-refractivity contribution in [1.82, 2.24) is 0 Å². The summed E-state index contributed by atoms with van der Waals surface area (Å²) >= 11 is 0. The van der Waals surface area contributed by atoms with Crippen LogP contribution in [0, 0.1) is 5.92 Å². The van der Waals surface area contributed by atoms with Crippen LogP contribution in [-0.2, 0) is 9.47 Å². The van der Waals surface area contributed by atoms with Gasteiger partial charge in [0.25, 0.3) is 0 Å². The average molecular weight is 595 g/mol. The highest BCUT2D eigenvalue weighted by molar-refractivity contribution is 5.75. The van der Waals surface area contributed by atoms with E-state index in [-0.39, 0.29) is 34.3 Å². The molecule has 2 saturated heterocycles. The zero-order chi connectivity index (χ0) is 30.3. The van der Waals surface area contributed by atoms with Crippen molar-refractivity contribution in [2.45, 2.75) is 55.5 Å². The molecule has 2 fully saturated rings. The van der Waals surface area contributed by atoms with Gasteiger partial charge in [-0.2, -0.15) is 0 Å². The van der Waals surface area contributed by atoms with Crippen molar-refractivity contribution >= 4 is 0 Å². The van der Waals surface area contributed by atoms with Crippen LogP contribution in [0.3, 0.4) is 0 Å². The monoisotopic (exact) mass is 594 g/mol. The molecule has 0 amide bonds. The van der Waals surface area contributed by atoms with E-state index in [1.54, 1.807) is 0 Å². The van der Waals surface area contributed by atoms with Crippen LogP contribution in [0.15, 0.2) is 51.7 Å². The summed E-state index contributed by atoms with van der Waals surface area (Å²) in [6.07, 6.45) is -14.8. The normalized spacial score (nSPS) is 33.4. The Balaban J connectivity index is 1.60. The van der Waals surface area contributed by atoms with Gasteiger partial charge in [-0.25, -0.2) is 0 Å². The maximum absolute atomic E-state index is 12.6. The number of aromatic hydroxyl groups is 1. The predicted octanol–water partition coefficient (Wildman–Crippen LogP) is -2.32. The number of fused-ring (bicyclic) bond motifs is 1. The largest absolute Gasteiger partial charge is 0.508 e. The average Bonchev–Trinajstić information content (AvgIpc) is 2.96. The van der Waals surface area contributed by atoms with Gasteiger partial charge in [0.15, 0.2) is 23.2 Å². The molecule has 3 heterocycles. The molecule has 5 rings (SSSR count). The second kappa shape index (κ2) is 12.1. The maximum atomic E-state index is 12.6. The lowest BCUT2D eigenvalue weighted by molar-refractivity contribution is -0.312. The molecule has 10 atom stereocenters. The molecule has 0 aromatic heterocycles. The zero-order valence-electron chi connectivity index (χ0n) is 21.7. The van der Waals surface area contributed by atoms with Gasteiger partial charge in [0.2, 0.25) is 12.6 Å². The van der Waals surface area contributed by atoms with Crippen molar-refractivity contribution in [3.05, 3.63) is 52.7 Å². The van der Waals surface area contributed by atoms with Crippen LogP contribution >= 0.6 is 0 Å². The van der Waals surface area contributed by atoms with E-state index in [1.807, 2.05) is 0 Å². The van der Waals surface area contributed by atoms with Gasteiger partial charge in [0, 0.05) is 17.7 Å². The molecule has 15 nitrogen and oxygen atoms in total. The minimum Gasteiger partial charge on any atom is -0.508 e. The van der Waals surface area contributed by atoms with Crippen LogP contribution in [0.4, 0.5) is 0 Å². The Morgan fingerprint density at radius 3 is 2.07 bits per heavy atom. The van der Waals surface area contributed by atoms with Gasteiger partial charge in [-0.05, 0) is 30.3 Å². The van der Waals surface area contributed by atoms with Gasteiger partial charge in [0.05, 0.1) is 30.8 Å². The maximum Gasteiger partial charge on any atom is 0.229 e. The number of aliphatic hydroxyl groups is 8. The number of ether oxygens (including phenoxy) is 4. The van der Waals surface area contributed by atoms with Crippen molar-refractivity contribution in [2.24, 2.45) is 5.92 Å². The number of hydrogen-bond donors (Lipinski definition) is 9. The summed E-state index contributed by atoms with van der Waals surface area (Å²) in [5, 5.41) is 90.2. The lowest BCUT2D eigenvalue weighted by atomic mass is 9.94. The van der Waals surface area contributed by atoms with Crippen LogP contribution < -0.4 is 14.9 Å². The third kappa shape index (κ3) is 5.67. The predicted molar refractivity (Wildman–Crippen MR) is 137 cm³/mol. The number of rotatable bonds is 7. The Kier molecular flexibility index (Phi) is 8.68. The fourth-order valence-electron chi connectivity index (χ4n) is 4.79. The number of phenolic OH excluding ortho intramolecular Hbond substituents is 1. The number of phenols is 1. The summed E-state index contributed by atoms with van der Waals surface area (Å²) < 4.78 is 28.4. The van der Waals surface area contributed by atoms with E-state index in [9.17, 15) is 50.8 Å². The van der Waals surface area contributed by atoms with Gasteiger partial charge in [-0.1, -0.05) is 0 Å². The molecular weight excluding hydrogens is 564 g/mol. The second-order valence-electron chi connectivity index (χ2n) is 9.98. The third-order valence-corrected chi connectivity index (χ3v) is 7.17. The van der Waals surface area contributed by atoms with Crippen LogP contribution in [0.1, 0.15) is 0 Å². The molecule has 0 radical (unpaired) electrons. The standard InChI is InChI=1S/C27H30O15/c28-8-14-19(32)22(35)25(37)42-26(14)39-16-6-12(31)5-15-13(16)7-17(24(38-15)10-1-3-11(30)4-2-10)40-27-23(36)21(34)20(33)18(9-29)41-27/h1-7,14,18-23,25-30,32-37H,8-9H2. The van der Waals surface area contributed by atoms with E-state index >= 15 is 0 Å². The first-order chi connectivity index (χ1) is 20.0. The zero-order valence-corrected chi connectivity index (χ0v) is 21.7. The highest BCUT2D eigenvalue weighted by Gasteiger charge is 2.46. The van der Waals surface area contributed by atoms with Crippen LogP contribution in [0.2, 0.25) is 0 Å². The fourth-order valence-corrected chi connectivity index (χ4v) is 4.79. The van der Waals surface area contributed by atoms with Gasteiger partial charge in [-0.3, -0.25) is 4.79 Å². The second-order valence-corrected chi connectivity index (χ2v) is 9.98. The summed E-state index contributed by atoms with van der Waals surface area (Å²) in [5.41, 5.74) is -0.172. The first-order valence-electron chi connectivity index (χ1n) is 12.9. The summed E-state index contributed by atoms with van der Waals surface area (Å²) in [7, 11) is 0. The summed E-state index contributed by atoms with van der Waals surface area (Å²) in [4.78, 5) is 12.6. The molecule has 9 N–H and O–H groups in total. The first kappa shape index (κ1) is 30.1. The smallest absolute Gasteiger partial charge is 0.229 e. The van der Waals surface area contributed by atoms with Gasteiger partial charge < -0.3 is 69.3 Å². The molecule has 3 aliphatic heterocycles. The van der Waals surface area contributed by atoms with Crippen LogP contribution in [0.25, 0.3) is 22.6 Å². The molecule has 42 heavy (non-hydrogen) atoms. The van der Waals surface area contributed by atoms with Crippen molar-refractivity contribution < 1.29 is 69.3 Å². The quantitative estimate of drug-likeness (QED) is 0.139. The highest BCUT2D eigenvalue weighted by atomic mass is 16.7. The molecule has 4 aliphatic rings. The minimum atomic E-state index is -1.87.